The Bertz CT molecular complexity index is 548. The smallest absolute Gasteiger partial charge is 0.318 e. The number of hydrogen-bond donors (Lipinski definition) is 1. The summed E-state index contributed by atoms with van der Waals surface area (Å²) in [6.45, 7) is 5.37. The maximum atomic E-state index is 5.62. The zero-order chi connectivity index (χ0) is 14.5. The lowest BCUT2D eigenvalue weighted by molar-refractivity contribution is 0.244. The van der Waals surface area contributed by atoms with Gasteiger partial charge in [0.1, 0.15) is 0 Å². The van der Waals surface area contributed by atoms with Gasteiger partial charge >= 0.3 is 6.01 Å². The van der Waals surface area contributed by atoms with Crippen molar-refractivity contribution >= 4 is 6.01 Å². The van der Waals surface area contributed by atoms with E-state index in [1.807, 2.05) is 0 Å². The summed E-state index contributed by atoms with van der Waals surface area (Å²) < 4.78 is 5.62. The van der Waals surface area contributed by atoms with Gasteiger partial charge in [-0.1, -0.05) is 35.4 Å². The molecule has 1 aromatic heterocycles. The van der Waals surface area contributed by atoms with Crippen molar-refractivity contribution in [1.29, 1.82) is 0 Å². The molecule has 1 aliphatic rings. The van der Waals surface area contributed by atoms with Gasteiger partial charge in [0.05, 0.1) is 0 Å². The topological polar surface area (TPSA) is 71.4 Å². The van der Waals surface area contributed by atoms with E-state index >= 15 is 0 Å². The van der Waals surface area contributed by atoms with Crippen molar-refractivity contribution < 1.29 is 4.42 Å². The van der Waals surface area contributed by atoms with Crippen LogP contribution in [0.1, 0.15) is 11.5 Å². The van der Waals surface area contributed by atoms with E-state index in [4.69, 9.17) is 10.2 Å². The summed E-state index contributed by atoms with van der Waals surface area (Å²) in [6.07, 6.45) is 0.640. The van der Waals surface area contributed by atoms with Crippen LogP contribution in [0.5, 0.6) is 0 Å². The van der Waals surface area contributed by atoms with Crippen LogP contribution in [0.4, 0.5) is 6.01 Å². The van der Waals surface area contributed by atoms with E-state index in [1.54, 1.807) is 0 Å². The predicted octanol–water partition coefficient (Wildman–Crippen LogP) is 0.893. The second-order valence-electron chi connectivity index (χ2n) is 5.27. The Morgan fingerprint density at radius 1 is 1.05 bits per heavy atom. The second-order valence-corrected chi connectivity index (χ2v) is 5.27. The Hall–Kier alpha value is -1.92. The monoisotopic (exact) mass is 287 g/mol. The summed E-state index contributed by atoms with van der Waals surface area (Å²) in [4.78, 5) is 4.59. The molecule has 0 aliphatic carbocycles. The molecule has 1 saturated heterocycles. The summed E-state index contributed by atoms with van der Waals surface area (Å²) in [5.74, 6) is 0.624. The predicted molar refractivity (Wildman–Crippen MR) is 81.0 cm³/mol. The minimum atomic E-state index is 0.534. The Balaban J connectivity index is 1.52. The van der Waals surface area contributed by atoms with E-state index in [0.29, 0.717) is 24.9 Å². The van der Waals surface area contributed by atoms with Crippen molar-refractivity contribution in [3.63, 3.8) is 0 Å². The first-order valence-electron chi connectivity index (χ1n) is 7.39. The molecule has 21 heavy (non-hydrogen) atoms. The number of nitrogens with two attached hydrogens (primary N) is 1. The zero-order valence-corrected chi connectivity index (χ0v) is 12.1. The first kappa shape index (κ1) is 14.0. The molecule has 0 unspecified atom stereocenters. The molecule has 0 atom stereocenters. The van der Waals surface area contributed by atoms with Gasteiger partial charge in [0.2, 0.25) is 5.89 Å². The molecular formula is C15H21N5O. The minimum Gasteiger partial charge on any atom is -0.408 e. The van der Waals surface area contributed by atoms with Crippen molar-refractivity contribution in [1.82, 2.24) is 15.1 Å². The van der Waals surface area contributed by atoms with E-state index in [0.717, 1.165) is 32.7 Å². The first-order chi connectivity index (χ1) is 10.3. The van der Waals surface area contributed by atoms with Gasteiger partial charge in [0.15, 0.2) is 0 Å². The lowest BCUT2D eigenvalue weighted by Gasteiger charge is -2.33. The van der Waals surface area contributed by atoms with E-state index in [-0.39, 0.29) is 0 Å². The van der Waals surface area contributed by atoms with Crippen molar-refractivity contribution in [2.24, 2.45) is 5.73 Å². The van der Waals surface area contributed by atoms with Gasteiger partial charge in [0.25, 0.3) is 0 Å². The van der Waals surface area contributed by atoms with Crippen molar-refractivity contribution in [2.45, 2.75) is 13.0 Å². The van der Waals surface area contributed by atoms with Crippen LogP contribution in [0.2, 0.25) is 0 Å². The molecule has 112 valence electrons. The summed E-state index contributed by atoms with van der Waals surface area (Å²) in [5, 5.41) is 8.12. The molecule has 0 saturated carbocycles. The number of rotatable bonds is 5. The SMILES string of the molecule is NCCc1nnc(N2CCN(Cc3ccccc3)CC2)o1. The average Bonchev–Trinajstić information content (AvgIpc) is 2.98. The summed E-state index contributed by atoms with van der Waals surface area (Å²) in [6, 6.07) is 11.2. The Kier molecular flexibility index (Phi) is 4.47. The van der Waals surface area contributed by atoms with Crippen LogP contribution in [0, 0.1) is 0 Å². The molecule has 0 amide bonds. The Morgan fingerprint density at radius 3 is 2.52 bits per heavy atom. The van der Waals surface area contributed by atoms with E-state index < -0.39 is 0 Å². The molecule has 6 heteroatoms. The van der Waals surface area contributed by atoms with Crippen LogP contribution >= 0.6 is 0 Å². The average molecular weight is 287 g/mol. The Morgan fingerprint density at radius 2 is 1.81 bits per heavy atom. The van der Waals surface area contributed by atoms with Crippen molar-refractivity contribution in [3.8, 4) is 0 Å². The third-order valence-electron chi connectivity index (χ3n) is 3.71. The summed E-state index contributed by atoms with van der Waals surface area (Å²) in [5.41, 5.74) is 6.85. The van der Waals surface area contributed by atoms with Gasteiger partial charge in [-0.3, -0.25) is 4.90 Å². The summed E-state index contributed by atoms with van der Waals surface area (Å²) in [7, 11) is 0. The highest BCUT2D eigenvalue weighted by Gasteiger charge is 2.21. The molecule has 0 spiro atoms. The quantitative estimate of drug-likeness (QED) is 0.880. The fourth-order valence-electron chi connectivity index (χ4n) is 2.54. The molecule has 0 bridgehead atoms. The molecule has 1 aliphatic heterocycles. The fraction of sp³-hybridized carbons (Fsp3) is 0.467. The van der Waals surface area contributed by atoms with E-state index in [2.05, 4.69) is 50.3 Å². The van der Waals surface area contributed by atoms with Crippen molar-refractivity contribution in [2.75, 3.05) is 37.6 Å². The highest BCUT2D eigenvalue weighted by molar-refractivity contribution is 5.25. The summed E-state index contributed by atoms with van der Waals surface area (Å²) >= 11 is 0. The molecule has 1 aromatic carbocycles. The minimum absolute atomic E-state index is 0.534. The molecule has 6 nitrogen and oxygen atoms in total. The van der Waals surface area contributed by atoms with Crippen LogP contribution in [0.15, 0.2) is 34.7 Å². The van der Waals surface area contributed by atoms with E-state index in [1.165, 1.54) is 5.56 Å². The van der Waals surface area contributed by atoms with Gasteiger partial charge in [-0.2, -0.15) is 0 Å². The molecule has 2 aromatic rings. The molecule has 3 rings (SSSR count). The highest BCUT2D eigenvalue weighted by Crippen LogP contribution is 2.16. The fourth-order valence-corrected chi connectivity index (χ4v) is 2.54. The van der Waals surface area contributed by atoms with Crippen molar-refractivity contribution in [3.05, 3.63) is 41.8 Å². The van der Waals surface area contributed by atoms with Crippen LogP contribution in [0.3, 0.4) is 0 Å². The van der Waals surface area contributed by atoms with Gasteiger partial charge in [-0.15, -0.1) is 5.10 Å². The molecule has 1 fully saturated rings. The lowest BCUT2D eigenvalue weighted by Crippen LogP contribution is -2.46. The number of aromatic nitrogens is 2. The van der Waals surface area contributed by atoms with E-state index in [9.17, 15) is 0 Å². The molecule has 2 heterocycles. The number of anilines is 1. The van der Waals surface area contributed by atoms with Crippen LogP contribution in [0.25, 0.3) is 0 Å². The Labute approximate surface area is 124 Å². The largest absolute Gasteiger partial charge is 0.408 e. The first-order valence-corrected chi connectivity index (χ1v) is 7.39. The third kappa shape index (κ3) is 3.59. The highest BCUT2D eigenvalue weighted by atomic mass is 16.4. The maximum absolute atomic E-state index is 5.62. The van der Waals surface area contributed by atoms with Crippen LogP contribution in [-0.4, -0.2) is 47.8 Å². The lowest BCUT2D eigenvalue weighted by atomic mass is 10.2. The van der Waals surface area contributed by atoms with Gasteiger partial charge in [-0.25, -0.2) is 0 Å². The van der Waals surface area contributed by atoms with Crippen LogP contribution < -0.4 is 10.6 Å². The van der Waals surface area contributed by atoms with Gasteiger partial charge in [-0.05, 0) is 5.56 Å². The zero-order valence-electron chi connectivity index (χ0n) is 12.1. The van der Waals surface area contributed by atoms with Gasteiger partial charge < -0.3 is 15.1 Å². The normalized spacial score (nSPS) is 16.3. The second kappa shape index (κ2) is 6.69. The maximum Gasteiger partial charge on any atom is 0.318 e. The number of nitrogens with zero attached hydrogens (tertiary/aromatic N) is 4. The standard InChI is InChI=1S/C15H21N5O/c16-7-6-14-17-18-15(21-14)20-10-8-19(9-11-20)12-13-4-2-1-3-5-13/h1-5H,6-12,16H2. The number of hydrogen-bond acceptors (Lipinski definition) is 6. The molecular weight excluding hydrogens is 266 g/mol. The van der Waals surface area contributed by atoms with Crippen LogP contribution in [-0.2, 0) is 13.0 Å². The number of benzene rings is 1. The van der Waals surface area contributed by atoms with Gasteiger partial charge in [0, 0.05) is 45.7 Å². The number of piperazine rings is 1. The molecule has 0 radical (unpaired) electrons. The third-order valence-corrected chi connectivity index (χ3v) is 3.71. The molecule has 2 N–H and O–H groups in total.